The van der Waals surface area contributed by atoms with Crippen molar-refractivity contribution >= 4 is 5.69 Å². The second-order valence-corrected chi connectivity index (χ2v) is 4.59. The molecule has 0 saturated carbocycles. The summed E-state index contributed by atoms with van der Waals surface area (Å²) in [4.78, 5) is 0. The quantitative estimate of drug-likeness (QED) is 0.802. The lowest BCUT2D eigenvalue weighted by molar-refractivity contribution is 0.414. The maximum atomic E-state index is 13.3. The Balaban J connectivity index is 2.00. The smallest absolute Gasteiger partial charge is 0.123 e. The number of benzene rings is 2. The molecule has 2 aromatic carbocycles. The fourth-order valence-electron chi connectivity index (χ4n) is 2.11. The molecule has 0 unspecified atom stereocenters. The van der Waals surface area contributed by atoms with Crippen molar-refractivity contribution in [3.8, 4) is 22.7 Å². The van der Waals surface area contributed by atoms with Gasteiger partial charge in [-0.1, -0.05) is 12.1 Å². The normalized spacial score (nSPS) is 10.6. The Labute approximate surface area is 121 Å². The molecule has 1 aromatic heterocycles. The van der Waals surface area contributed by atoms with Crippen LogP contribution in [-0.2, 0) is 0 Å². The first-order chi connectivity index (χ1) is 10.2. The molecule has 0 spiro atoms. The molecule has 0 radical (unpaired) electrons. The number of nitrogens with two attached hydrogens (primary N) is 1. The zero-order valence-corrected chi connectivity index (χ0v) is 11.5. The number of ether oxygens (including phenoxy) is 1. The molecule has 0 aliphatic rings. The van der Waals surface area contributed by atoms with Gasteiger partial charge >= 0.3 is 0 Å². The minimum Gasteiger partial charge on any atom is -0.497 e. The Morgan fingerprint density at radius 3 is 2.57 bits per heavy atom. The third-order valence-corrected chi connectivity index (χ3v) is 3.18. The average Bonchev–Trinajstić information content (AvgIpc) is 2.89. The number of anilines is 1. The zero-order chi connectivity index (χ0) is 14.8. The van der Waals surface area contributed by atoms with Crippen molar-refractivity contribution in [1.29, 1.82) is 0 Å². The summed E-state index contributed by atoms with van der Waals surface area (Å²) in [5.41, 5.74) is 8.55. The van der Waals surface area contributed by atoms with Crippen molar-refractivity contribution in [2.24, 2.45) is 0 Å². The summed E-state index contributed by atoms with van der Waals surface area (Å²) in [6.45, 7) is 0. The average molecular weight is 283 g/mol. The molecule has 0 aliphatic carbocycles. The highest BCUT2D eigenvalue weighted by Crippen LogP contribution is 2.26. The molecule has 4 nitrogen and oxygen atoms in total. The van der Waals surface area contributed by atoms with Gasteiger partial charge < -0.3 is 10.5 Å². The van der Waals surface area contributed by atoms with E-state index in [-0.39, 0.29) is 5.82 Å². The zero-order valence-electron chi connectivity index (χ0n) is 11.5. The highest BCUT2D eigenvalue weighted by atomic mass is 19.1. The molecule has 0 aliphatic heterocycles. The second-order valence-electron chi connectivity index (χ2n) is 4.59. The number of halogens is 1. The molecule has 5 heteroatoms. The Morgan fingerprint density at radius 2 is 1.90 bits per heavy atom. The SMILES string of the molecule is COc1ccc(-n2cc(N)c(-c3cccc(F)c3)n2)cc1. The standard InChI is InChI=1S/C16H14FN3O/c1-21-14-7-5-13(6-8-14)20-10-15(18)16(19-20)11-3-2-4-12(17)9-11/h2-10H,18H2,1H3. The number of rotatable bonds is 3. The van der Waals surface area contributed by atoms with Crippen molar-refractivity contribution in [2.45, 2.75) is 0 Å². The van der Waals surface area contributed by atoms with Crippen LogP contribution in [0.2, 0.25) is 0 Å². The summed E-state index contributed by atoms with van der Waals surface area (Å²) in [7, 11) is 1.61. The van der Waals surface area contributed by atoms with Crippen LogP contribution in [0.4, 0.5) is 10.1 Å². The van der Waals surface area contributed by atoms with E-state index in [1.807, 2.05) is 24.3 Å². The highest BCUT2D eigenvalue weighted by Gasteiger charge is 2.10. The van der Waals surface area contributed by atoms with Crippen LogP contribution in [0.15, 0.2) is 54.7 Å². The number of hydrogen-bond donors (Lipinski definition) is 1. The summed E-state index contributed by atoms with van der Waals surface area (Å²) in [5.74, 6) is 0.454. The van der Waals surface area contributed by atoms with Crippen LogP contribution in [-0.4, -0.2) is 16.9 Å². The number of hydrogen-bond acceptors (Lipinski definition) is 3. The largest absolute Gasteiger partial charge is 0.497 e. The van der Waals surface area contributed by atoms with E-state index in [0.717, 1.165) is 11.4 Å². The van der Waals surface area contributed by atoms with Gasteiger partial charge in [0.05, 0.1) is 24.7 Å². The van der Waals surface area contributed by atoms with Crippen LogP contribution in [0.25, 0.3) is 16.9 Å². The Morgan fingerprint density at radius 1 is 1.14 bits per heavy atom. The summed E-state index contributed by atoms with van der Waals surface area (Å²) >= 11 is 0. The fourth-order valence-corrected chi connectivity index (χ4v) is 2.11. The molecule has 0 atom stereocenters. The van der Waals surface area contributed by atoms with Crippen LogP contribution in [0.3, 0.4) is 0 Å². The maximum absolute atomic E-state index is 13.3. The van der Waals surface area contributed by atoms with Crippen LogP contribution in [0.1, 0.15) is 0 Å². The van der Waals surface area contributed by atoms with E-state index < -0.39 is 0 Å². The summed E-state index contributed by atoms with van der Waals surface area (Å²) < 4.78 is 20.1. The van der Waals surface area contributed by atoms with E-state index in [2.05, 4.69) is 5.10 Å². The molecule has 1 heterocycles. The van der Waals surface area contributed by atoms with Gasteiger partial charge in [0.1, 0.15) is 17.3 Å². The number of nitrogens with zero attached hydrogens (tertiary/aromatic N) is 2. The van der Waals surface area contributed by atoms with Gasteiger partial charge in [0.25, 0.3) is 0 Å². The second kappa shape index (κ2) is 5.28. The van der Waals surface area contributed by atoms with Gasteiger partial charge in [-0.25, -0.2) is 9.07 Å². The van der Waals surface area contributed by atoms with Crippen molar-refractivity contribution < 1.29 is 9.13 Å². The summed E-state index contributed by atoms with van der Waals surface area (Å²) in [6.07, 6.45) is 1.71. The third-order valence-electron chi connectivity index (χ3n) is 3.18. The first-order valence-corrected chi connectivity index (χ1v) is 6.43. The molecule has 2 N–H and O–H groups in total. The van der Waals surface area contributed by atoms with E-state index >= 15 is 0 Å². The molecule has 0 bridgehead atoms. The van der Waals surface area contributed by atoms with Gasteiger partial charge in [-0.05, 0) is 36.4 Å². The molecular weight excluding hydrogens is 269 g/mol. The third kappa shape index (κ3) is 2.58. The van der Waals surface area contributed by atoms with Gasteiger partial charge in [-0.3, -0.25) is 0 Å². The van der Waals surface area contributed by atoms with E-state index in [0.29, 0.717) is 16.9 Å². The molecule has 0 saturated heterocycles. The summed E-state index contributed by atoms with van der Waals surface area (Å²) in [5, 5.41) is 4.43. The molecule has 3 rings (SSSR count). The van der Waals surface area contributed by atoms with E-state index in [1.165, 1.54) is 12.1 Å². The number of nitrogen functional groups attached to an aromatic ring is 1. The molecule has 3 aromatic rings. The summed E-state index contributed by atoms with van der Waals surface area (Å²) in [6, 6.07) is 13.7. The van der Waals surface area contributed by atoms with Crippen LogP contribution >= 0.6 is 0 Å². The van der Waals surface area contributed by atoms with E-state index in [9.17, 15) is 4.39 Å². The topological polar surface area (TPSA) is 53.1 Å². The first-order valence-electron chi connectivity index (χ1n) is 6.43. The molecule has 106 valence electrons. The first kappa shape index (κ1) is 13.2. The number of aromatic nitrogens is 2. The van der Waals surface area contributed by atoms with Gasteiger partial charge in [0.2, 0.25) is 0 Å². The van der Waals surface area contributed by atoms with Crippen molar-refractivity contribution in [1.82, 2.24) is 9.78 Å². The van der Waals surface area contributed by atoms with Gasteiger partial charge in [-0.15, -0.1) is 0 Å². The van der Waals surface area contributed by atoms with E-state index in [4.69, 9.17) is 10.5 Å². The Bertz CT molecular complexity index is 765. The van der Waals surface area contributed by atoms with E-state index in [1.54, 1.807) is 30.1 Å². The monoisotopic (exact) mass is 283 g/mol. The lowest BCUT2D eigenvalue weighted by Crippen LogP contribution is -1.95. The lowest BCUT2D eigenvalue weighted by atomic mass is 10.1. The molecular formula is C16H14FN3O. The predicted octanol–water partition coefficient (Wildman–Crippen LogP) is 3.27. The van der Waals surface area contributed by atoms with Crippen LogP contribution < -0.4 is 10.5 Å². The minimum atomic E-state index is -0.314. The van der Waals surface area contributed by atoms with Crippen LogP contribution in [0.5, 0.6) is 5.75 Å². The lowest BCUT2D eigenvalue weighted by Gasteiger charge is -2.03. The van der Waals surface area contributed by atoms with Crippen LogP contribution in [0, 0.1) is 5.82 Å². The van der Waals surface area contributed by atoms with Crippen molar-refractivity contribution in [3.05, 3.63) is 60.5 Å². The maximum Gasteiger partial charge on any atom is 0.123 e. The van der Waals surface area contributed by atoms with Gasteiger partial charge in [0.15, 0.2) is 0 Å². The van der Waals surface area contributed by atoms with Gasteiger partial charge in [0, 0.05) is 5.56 Å². The minimum absolute atomic E-state index is 0.314. The Kier molecular flexibility index (Phi) is 3.31. The van der Waals surface area contributed by atoms with Crippen molar-refractivity contribution in [2.75, 3.05) is 12.8 Å². The molecule has 0 amide bonds. The highest BCUT2D eigenvalue weighted by molar-refractivity contribution is 5.72. The molecule has 21 heavy (non-hydrogen) atoms. The fraction of sp³-hybridized carbons (Fsp3) is 0.0625. The number of methoxy groups -OCH3 is 1. The van der Waals surface area contributed by atoms with Crippen molar-refractivity contribution in [3.63, 3.8) is 0 Å². The molecule has 0 fully saturated rings. The predicted molar refractivity (Wildman–Crippen MR) is 79.9 cm³/mol. The Hall–Kier alpha value is -2.82. The van der Waals surface area contributed by atoms with Gasteiger partial charge in [-0.2, -0.15) is 5.10 Å².